The Kier molecular flexibility index (Phi) is 4.20. The van der Waals surface area contributed by atoms with Crippen molar-refractivity contribution in [3.8, 4) is 0 Å². The molecule has 0 saturated carbocycles. The first-order valence-corrected chi connectivity index (χ1v) is 7.03. The molecule has 21 heavy (non-hydrogen) atoms. The predicted molar refractivity (Wildman–Crippen MR) is 73.8 cm³/mol. The number of aryl methyl sites for hydroxylation is 1. The highest BCUT2D eigenvalue weighted by atomic mass is 16.6. The van der Waals surface area contributed by atoms with Crippen LogP contribution in [0, 0.1) is 0 Å². The molecule has 1 amide bonds. The topological polar surface area (TPSA) is 81.9 Å². The average Bonchev–Trinajstić information content (AvgIpc) is 2.92. The Balaban J connectivity index is 1.49. The summed E-state index contributed by atoms with van der Waals surface area (Å²) < 4.78 is 1.66. The summed E-state index contributed by atoms with van der Waals surface area (Å²) in [6.07, 6.45) is 7.54. The van der Waals surface area contributed by atoms with E-state index in [2.05, 4.69) is 20.8 Å². The fourth-order valence-corrected chi connectivity index (χ4v) is 2.40. The van der Waals surface area contributed by atoms with Gasteiger partial charge in [0.15, 0.2) is 0 Å². The fourth-order valence-electron chi connectivity index (χ4n) is 2.40. The molecule has 0 atom stereocenters. The van der Waals surface area contributed by atoms with Crippen LogP contribution in [0.2, 0.25) is 0 Å². The molecule has 0 aliphatic heterocycles. The molecule has 110 valence electrons. The van der Waals surface area contributed by atoms with Gasteiger partial charge in [-0.3, -0.25) is 14.6 Å². The number of hydrogen-bond donors (Lipinski definition) is 1. The van der Waals surface area contributed by atoms with Gasteiger partial charge in [0.05, 0.1) is 11.4 Å². The van der Waals surface area contributed by atoms with Gasteiger partial charge in [0.2, 0.25) is 0 Å². The van der Waals surface area contributed by atoms with E-state index in [1.54, 1.807) is 17.1 Å². The zero-order valence-corrected chi connectivity index (χ0v) is 11.7. The van der Waals surface area contributed by atoms with Gasteiger partial charge in [-0.05, 0) is 37.3 Å². The van der Waals surface area contributed by atoms with Crippen LogP contribution in [0.25, 0.3) is 0 Å². The van der Waals surface area contributed by atoms with Crippen molar-refractivity contribution in [3.05, 3.63) is 41.5 Å². The first-order chi connectivity index (χ1) is 10.3. The van der Waals surface area contributed by atoms with Crippen LogP contribution in [-0.2, 0) is 35.6 Å². The molecule has 2 aromatic heterocycles. The molecule has 0 unspecified atom stereocenters. The summed E-state index contributed by atoms with van der Waals surface area (Å²) >= 11 is 0. The SMILES string of the molecule is O=C(Cn1nnc2c1CCCC2)NOCc1cccnc1. The lowest BCUT2D eigenvalue weighted by atomic mass is 10.0. The number of carbonyl (C=O) groups excluding carboxylic acids is 1. The Morgan fingerprint density at radius 1 is 1.38 bits per heavy atom. The molecule has 1 aliphatic rings. The lowest BCUT2D eigenvalue weighted by Crippen LogP contribution is -2.29. The maximum absolute atomic E-state index is 11.8. The maximum Gasteiger partial charge on any atom is 0.265 e. The first-order valence-electron chi connectivity index (χ1n) is 7.03. The van der Waals surface area contributed by atoms with Crippen molar-refractivity contribution < 1.29 is 9.63 Å². The normalized spacial score (nSPS) is 13.7. The molecule has 7 nitrogen and oxygen atoms in total. The van der Waals surface area contributed by atoms with Crippen LogP contribution >= 0.6 is 0 Å². The third-order valence-corrected chi connectivity index (χ3v) is 3.44. The smallest absolute Gasteiger partial charge is 0.265 e. The van der Waals surface area contributed by atoms with Crippen molar-refractivity contribution >= 4 is 5.91 Å². The van der Waals surface area contributed by atoms with Gasteiger partial charge >= 0.3 is 0 Å². The molecule has 0 fully saturated rings. The van der Waals surface area contributed by atoms with E-state index in [1.165, 1.54) is 0 Å². The Bertz CT molecular complexity index is 611. The number of aromatic nitrogens is 4. The molecule has 2 aromatic rings. The van der Waals surface area contributed by atoms with Gasteiger partial charge in [0.1, 0.15) is 13.2 Å². The second-order valence-electron chi connectivity index (χ2n) is 5.02. The van der Waals surface area contributed by atoms with Crippen molar-refractivity contribution in [2.24, 2.45) is 0 Å². The van der Waals surface area contributed by atoms with Crippen LogP contribution in [0.3, 0.4) is 0 Å². The van der Waals surface area contributed by atoms with Crippen LogP contribution in [0.1, 0.15) is 29.8 Å². The Hall–Kier alpha value is -2.28. The summed E-state index contributed by atoms with van der Waals surface area (Å²) in [5.41, 5.74) is 5.41. The van der Waals surface area contributed by atoms with Gasteiger partial charge in [-0.25, -0.2) is 10.2 Å². The minimum atomic E-state index is -0.239. The van der Waals surface area contributed by atoms with E-state index < -0.39 is 0 Å². The van der Waals surface area contributed by atoms with Crippen molar-refractivity contribution in [2.45, 2.75) is 38.8 Å². The van der Waals surface area contributed by atoms with E-state index in [4.69, 9.17) is 4.84 Å². The monoisotopic (exact) mass is 287 g/mol. The Labute approximate surface area is 122 Å². The van der Waals surface area contributed by atoms with Crippen molar-refractivity contribution in [3.63, 3.8) is 0 Å². The molecule has 0 bridgehead atoms. The zero-order chi connectivity index (χ0) is 14.5. The molecular weight excluding hydrogens is 270 g/mol. The van der Waals surface area contributed by atoms with Crippen molar-refractivity contribution in [1.82, 2.24) is 25.5 Å². The van der Waals surface area contributed by atoms with E-state index in [9.17, 15) is 4.79 Å². The van der Waals surface area contributed by atoms with Gasteiger partial charge in [-0.15, -0.1) is 5.10 Å². The minimum absolute atomic E-state index is 0.134. The second-order valence-corrected chi connectivity index (χ2v) is 5.02. The van der Waals surface area contributed by atoms with Gasteiger partial charge in [0.25, 0.3) is 5.91 Å². The quantitative estimate of drug-likeness (QED) is 0.823. The van der Waals surface area contributed by atoms with Gasteiger partial charge < -0.3 is 0 Å². The largest absolute Gasteiger partial charge is 0.271 e. The molecule has 0 saturated heterocycles. The molecule has 3 rings (SSSR count). The van der Waals surface area contributed by atoms with Crippen molar-refractivity contribution in [2.75, 3.05) is 0 Å². The molecular formula is C14H17N5O2. The third-order valence-electron chi connectivity index (χ3n) is 3.44. The molecule has 7 heteroatoms. The summed E-state index contributed by atoms with van der Waals surface area (Å²) in [7, 11) is 0. The zero-order valence-electron chi connectivity index (χ0n) is 11.7. The first kappa shape index (κ1) is 13.7. The number of hydrogen-bond acceptors (Lipinski definition) is 5. The lowest BCUT2D eigenvalue weighted by Gasteiger charge is -2.12. The number of pyridine rings is 1. The van der Waals surface area contributed by atoms with Crippen LogP contribution in [-0.4, -0.2) is 25.9 Å². The number of nitrogens with one attached hydrogen (secondary N) is 1. The van der Waals surface area contributed by atoms with Crippen LogP contribution in [0.15, 0.2) is 24.5 Å². The van der Waals surface area contributed by atoms with Crippen LogP contribution < -0.4 is 5.48 Å². The summed E-state index contributed by atoms with van der Waals surface area (Å²) in [6, 6.07) is 3.70. The molecule has 0 spiro atoms. The van der Waals surface area contributed by atoms with Gasteiger partial charge in [0, 0.05) is 12.4 Å². The molecule has 0 aromatic carbocycles. The van der Waals surface area contributed by atoms with E-state index in [-0.39, 0.29) is 19.1 Å². The number of carbonyl (C=O) groups is 1. The fraction of sp³-hybridized carbons (Fsp3) is 0.429. The highest BCUT2D eigenvalue weighted by Crippen LogP contribution is 2.18. The number of hydroxylamine groups is 1. The molecule has 2 heterocycles. The van der Waals surface area contributed by atoms with E-state index >= 15 is 0 Å². The lowest BCUT2D eigenvalue weighted by molar-refractivity contribution is -0.135. The van der Waals surface area contributed by atoms with Gasteiger partial charge in [-0.2, -0.15) is 0 Å². The third kappa shape index (κ3) is 3.43. The minimum Gasteiger partial charge on any atom is -0.271 e. The highest BCUT2D eigenvalue weighted by Gasteiger charge is 2.18. The predicted octanol–water partition coefficient (Wildman–Crippen LogP) is 0.800. The summed E-state index contributed by atoms with van der Waals surface area (Å²) in [5.74, 6) is -0.239. The summed E-state index contributed by atoms with van der Waals surface area (Å²) in [5, 5.41) is 8.17. The van der Waals surface area contributed by atoms with E-state index in [0.717, 1.165) is 42.6 Å². The molecule has 1 N–H and O–H groups in total. The number of fused-ring (bicyclic) bond motifs is 1. The van der Waals surface area contributed by atoms with Crippen LogP contribution in [0.4, 0.5) is 0 Å². The standard InChI is InChI=1S/C14H17N5O2/c20-14(17-21-10-11-4-3-7-15-8-11)9-19-13-6-2-1-5-12(13)16-18-19/h3-4,7-8H,1-2,5-6,9-10H2,(H,17,20). The van der Waals surface area contributed by atoms with E-state index in [1.807, 2.05) is 12.1 Å². The average molecular weight is 287 g/mol. The van der Waals surface area contributed by atoms with Crippen LogP contribution in [0.5, 0.6) is 0 Å². The second kappa shape index (κ2) is 6.45. The summed E-state index contributed by atoms with van der Waals surface area (Å²) in [4.78, 5) is 21.0. The highest BCUT2D eigenvalue weighted by molar-refractivity contribution is 5.74. The molecule has 1 aliphatic carbocycles. The van der Waals surface area contributed by atoms with Crippen molar-refractivity contribution in [1.29, 1.82) is 0 Å². The molecule has 0 radical (unpaired) electrons. The van der Waals surface area contributed by atoms with Gasteiger partial charge in [-0.1, -0.05) is 11.3 Å². The number of nitrogens with zero attached hydrogens (tertiary/aromatic N) is 4. The van der Waals surface area contributed by atoms with E-state index in [0.29, 0.717) is 0 Å². The maximum atomic E-state index is 11.8. The Morgan fingerprint density at radius 3 is 3.14 bits per heavy atom. The number of rotatable bonds is 5. The summed E-state index contributed by atoms with van der Waals surface area (Å²) in [6.45, 7) is 0.421. The number of amides is 1. The Morgan fingerprint density at radius 2 is 2.29 bits per heavy atom.